The van der Waals surface area contributed by atoms with Crippen molar-refractivity contribution in [3.8, 4) is 0 Å². The van der Waals surface area contributed by atoms with Crippen LogP contribution < -0.4 is 10.1 Å². The number of nitrogens with zero attached hydrogens (tertiary/aromatic N) is 1. The number of sulfonamides is 1. The van der Waals surface area contributed by atoms with Crippen LogP contribution in [0.1, 0.15) is 22.3 Å². The number of aryl methyl sites for hydroxylation is 3. The Hall–Kier alpha value is -2.83. The highest BCUT2D eigenvalue weighted by atomic mass is 35.5. The molecule has 0 heterocycles. The van der Waals surface area contributed by atoms with Crippen molar-refractivity contribution in [3.63, 3.8) is 0 Å². The van der Waals surface area contributed by atoms with Gasteiger partial charge < -0.3 is 0 Å². The summed E-state index contributed by atoms with van der Waals surface area (Å²) in [4.78, 5) is 0.150. The topological polar surface area (TPSA) is 70.6 Å². The maximum atomic E-state index is 12.4. The lowest BCUT2D eigenvalue weighted by atomic mass is 10.0. The van der Waals surface area contributed by atoms with Gasteiger partial charge in [-0.1, -0.05) is 29.3 Å². The summed E-state index contributed by atoms with van der Waals surface area (Å²) in [5, 5.41) is 4.78. The maximum absolute atomic E-state index is 12.4. The van der Waals surface area contributed by atoms with Crippen LogP contribution in [0.25, 0.3) is 0 Å². The third-order valence-electron chi connectivity index (χ3n) is 4.39. The Morgan fingerprint density at radius 3 is 2.00 bits per heavy atom. The van der Waals surface area contributed by atoms with Gasteiger partial charge in [-0.25, -0.2) is 8.42 Å². The van der Waals surface area contributed by atoms with E-state index in [2.05, 4.69) is 48.2 Å². The van der Waals surface area contributed by atoms with E-state index in [1.54, 1.807) is 42.6 Å². The number of anilines is 2. The summed E-state index contributed by atoms with van der Waals surface area (Å²) in [6, 6.07) is 17.1. The van der Waals surface area contributed by atoms with Crippen LogP contribution in [0.2, 0.25) is 5.02 Å². The van der Waals surface area contributed by atoms with Gasteiger partial charge in [0.05, 0.1) is 16.8 Å². The summed E-state index contributed by atoms with van der Waals surface area (Å²) in [5.41, 5.74) is 8.81. The number of hydrogen-bond donors (Lipinski definition) is 2. The van der Waals surface area contributed by atoms with Gasteiger partial charge in [-0.05, 0) is 80.4 Å². The largest absolute Gasteiger partial charge is 0.280 e. The van der Waals surface area contributed by atoms with E-state index in [4.69, 9.17) is 11.6 Å². The lowest BCUT2D eigenvalue weighted by molar-refractivity contribution is 0.601. The monoisotopic (exact) mass is 427 g/mol. The van der Waals surface area contributed by atoms with E-state index in [9.17, 15) is 8.42 Å². The first-order chi connectivity index (χ1) is 13.7. The zero-order chi connectivity index (χ0) is 21.0. The number of benzene rings is 3. The molecule has 3 aromatic rings. The van der Waals surface area contributed by atoms with Crippen LogP contribution in [0.5, 0.6) is 0 Å². The van der Waals surface area contributed by atoms with Crippen molar-refractivity contribution in [3.05, 3.63) is 87.9 Å². The highest BCUT2D eigenvalue weighted by Crippen LogP contribution is 2.20. The van der Waals surface area contributed by atoms with Crippen LogP contribution in [0.3, 0.4) is 0 Å². The molecule has 3 aromatic carbocycles. The molecule has 0 spiro atoms. The summed E-state index contributed by atoms with van der Waals surface area (Å²) < 4.78 is 27.4. The molecule has 0 saturated carbocycles. The van der Waals surface area contributed by atoms with Crippen molar-refractivity contribution in [2.75, 3.05) is 10.1 Å². The molecule has 0 aliphatic rings. The molecule has 7 heteroatoms. The molecule has 0 radical (unpaired) electrons. The fourth-order valence-electron chi connectivity index (χ4n) is 3.01. The Morgan fingerprint density at radius 2 is 1.41 bits per heavy atom. The van der Waals surface area contributed by atoms with Crippen LogP contribution in [0, 0.1) is 20.8 Å². The lowest BCUT2D eigenvalue weighted by Gasteiger charge is -2.09. The summed E-state index contributed by atoms with van der Waals surface area (Å²) in [6.07, 6.45) is 1.79. The van der Waals surface area contributed by atoms with Gasteiger partial charge in [0.1, 0.15) is 0 Å². The molecule has 0 aliphatic carbocycles. The number of rotatable bonds is 6. The molecular weight excluding hydrogens is 406 g/mol. The smallest absolute Gasteiger partial charge is 0.261 e. The Balaban J connectivity index is 1.67. The number of hydrogen-bond acceptors (Lipinski definition) is 4. The molecule has 150 valence electrons. The maximum Gasteiger partial charge on any atom is 0.261 e. The van der Waals surface area contributed by atoms with Gasteiger partial charge >= 0.3 is 0 Å². The van der Waals surface area contributed by atoms with Crippen molar-refractivity contribution in [1.29, 1.82) is 0 Å². The molecule has 3 rings (SSSR count). The van der Waals surface area contributed by atoms with Gasteiger partial charge in [0.25, 0.3) is 10.0 Å². The van der Waals surface area contributed by atoms with Crippen LogP contribution in [-0.4, -0.2) is 14.6 Å². The Kier molecular flexibility index (Phi) is 6.25. The summed E-state index contributed by atoms with van der Waals surface area (Å²) in [7, 11) is -3.67. The fraction of sp³-hybridized carbons (Fsp3) is 0.136. The minimum absolute atomic E-state index is 0.150. The van der Waals surface area contributed by atoms with Gasteiger partial charge in [-0.2, -0.15) is 5.10 Å². The molecular formula is C22H22ClN3O2S. The van der Waals surface area contributed by atoms with Gasteiger partial charge in [0, 0.05) is 16.3 Å². The molecule has 0 amide bonds. The molecule has 0 bridgehead atoms. The Morgan fingerprint density at radius 1 is 0.862 bits per heavy atom. The predicted octanol–water partition coefficient (Wildman–Crippen LogP) is 5.51. The lowest BCUT2D eigenvalue weighted by Crippen LogP contribution is -2.12. The van der Waals surface area contributed by atoms with Gasteiger partial charge in [-0.3, -0.25) is 10.1 Å². The molecule has 0 atom stereocenters. The van der Waals surface area contributed by atoms with Crippen LogP contribution in [-0.2, 0) is 10.0 Å². The standard InChI is InChI=1S/C22H22ClN3O2S/c1-15-12-16(2)22(17(3)13-15)14-24-25-19-6-8-20(9-7-19)26-29(27,28)21-10-4-18(23)5-11-21/h4-14,25-26H,1-3H3/b24-14+. The third kappa shape index (κ3) is 5.37. The number of nitrogens with one attached hydrogen (secondary N) is 2. The van der Waals surface area contributed by atoms with Crippen LogP contribution >= 0.6 is 11.6 Å². The second-order valence-corrected chi connectivity index (χ2v) is 8.94. The summed E-state index contributed by atoms with van der Waals surface area (Å²) in [5.74, 6) is 0. The Bertz CT molecular complexity index is 1120. The zero-order valence-corrected chi connectivity index (χ0v) is 18.0. The molecule has 0 unspecified atom stereocenters. The van der Waals surface area contributed by atoms with Crippen molar-refractivity contribution >= 4 is 39.2 Å². The molecule has 0 saturated heterocycles. The number of halogens is 1. The van der Waals surface area contributed by atoms with Crippen molar-refractivity contribution < 1.29 is 8.42 Å². The average Bonchev–Trinajstić information content (AvgIpc) is 2.65. The highest BCUT2D eigenvalue weighted by Gasteiger charge is 2.13. The minimum Gasteiger partial charge on any atom is -0.280 e. The summed E-state index contributed by atoms with van der Waals surface area (Å²) >= 11 is 5.81. The van der Waals surface area contributed by atoms with E-state index in [1.807, 2.05) is 0 Å². The van der Waals surface area contributed by atoms with E-state index in [0.29, 0.717) is 10.7 Å². The fourth-order valence-corrected chi connectivity index (χ4v) is 4.19. The van der Waals surface area contributed by atoms with E-state index >= 15 is 0 Å². The van der Waals surface area contributed by atoms with E-state index in [-0.39, 0.29) is 4.90 Å². The first-order valence-electron chi connectivity index (χ1n) is 9.00. The molecule has 5 nitrogen and oxygen atoms in total. The predicted molar refractivity (Wildman–Crippen MR) is 121 cm³/mol. The normalized spacial score (nSPS) is 11.6. The quantitative estimate of drug-likeness (QED) is 0.402. The van der Waals surface area contributed by atoms with Crippen LogP contribution in [0.4, 0.5) is 11.4 Å². The van der Waals surface area contributed by atoms with E-state index in [1.165, 1.54) is 28.8 Å². The first-order valence-corrected chi connectivity index (χ1v) is 10.9. The SMILES string of the molecule is Cc1cc(C)c(/C=N/Nc2ccc(NS(=O)(=O)c3ccc(Cl)cc3)cc2)c(C)c1. The van der Waals surface area contributed by atoms with Crippen molar-refractivity contribution in [2.24, 2.45) is 5.10 Å². The molecule has 29 heavy (non-hydrogen) atoms. The second-order valence-electron chi connectivity index (χ2n) is 6.82. The minimum atomic E-state index is -3.67. The second kappa shape index (κ2) is 8.68. The highest BCUT2D eigenvalue weighted by molar-refractivity contribution is 7.92. The van der Waals surface area contributed by atoms with Crippen molar-refractivity contribution in [2.45, 2.75) is 25.7 Å². The molecule has 0 aliphatic heterocycles. The first kappa shape index (κ1) is 20.9. The molecule has 2 N–H and O–H groups in total. The van der Waals surface area contributed by atoms with E-state index in [0.717, 1.165) is 11.3 Å². The average molecular weight is 428 g/mol. The molecule has 0 aromatic heterocycles. The van der Waals surface area contributed by atoms with Crippen molar-refractivity contribution in [1.82, 2.24) is 0 Å². The van der Waals surface area contributed by atoms with Crippen LogP contribution in [0.15, 0.2) is 70.7 Å². The van der Waals surface area contributed by atoms with Gasteiger partial charge in [0.15, 0.2) is 0 Å². The molecule has 0 fully saturated rings. The number of hydrazone groups is 1. The van der Waals surface area contributed by atoms with E-state index < -0.39 is 10.0 Å². The zero-order valence-electron chi connectivity index (χ0n) is 16.4. The van der Waals surface area contributed by atoms with Gasteiger partial charge in [0.2, 0.25) is 0 Å². The summed E-state index contributed by atoms with van der Waals surface area (Å²) in [6.45, 7) is 6.19. The van der Waals surface area contributed by atoms with Gasteiger partial charge in [-0.15, -0.1) is 0 Å². The third-order valence-corrected chi connectivity index (χ3v) is 6.04. The Labute approximate surface area is 176 Å².